The molecule has 0 aromatic heterocycles. The summed E-state index contributed by atoms with van der Waals surface area (Å²) >= 11 is 3.18. The Morgan fingerprint density at radius 1 is 1.20 bits per heavy atom. The molecule has 0 saturated carbocycles. The van der Waals surface area contributed by atoms with Crippen molar-refractivity contribution < 1.29 is 13.5 Å². The smallest absolute Gasteiger partial charge is 0.167 e. The first-order chi connectivity index (χ1) is 9.51. The first-order valence-electron chi connectivity index (χ1n) is 6.11. The highest BCUT2D eigenvalue weighted by molar-refractivity contribution is 9.10. The van der Waals surface area contributed by atoms with Crippen LogP contribution in [0.3, 0.4) is 0 Å². The molecule has 1 atom stereocenters. The predicted molar refractivity (Wildman–Crippen MR) is 78.0 cm³/mol. The van der Waals surface area contributed by atoms with Gasteiger partial charge in [-0.15, -0.1) is 0 Å². The van der Waals surface area contributed by atoms with Gasteiger partial charge in [0.2, 0.25) is 0 Å². The quantitative estimate of drug-likeness (QED) is 0.862. The standard InChI is InChI=1S/C15H14BrF2NO/c1-9(19-2)13-4-3-5-14(18)15(13)20-12-7-10(16)6-11(17)8-12/h3-9,19H,1-2H3. The lowest BCUT2D eigenvalue weighted by Gasteiger charge is -2.17. The second kappa shape index (κ2) is 6.33. The Kier molecular flexibility index (Phi) is 4.73. The molecule has 0 aliphatic heterocycles. The van der Waals surface area contributed by atoms with Gasteiger partial charge in [0, 0.05) is 22.1 Å². The van der Waals surface area contributed by atoms with Crippen LogP contribution in [0.25, 0.3) is 0 Å². The van der Waals surface area contributed by atoms with E-state index in [0.717, 1.165) is 0 Å². The van der Waals surface area contributed by atoms with E-state index in [1.54, 1.807) is 25.2 Å². The summed E-state index contributed by atoms with van der Waals surface area (Å²) in [5.41, 5.74) is 0.674. The summed E-state index contributed by atoms with van der Waals surface area (Å²) in [5, 5.41) is 3.03. The van der Waals surface area contributed by atoms with Gasteiger partial charge >= 0.3 is 0 Å². The van der Waals surface area contributed by atoms with E-state index in [4.69, 9.17) is 4.74 Å². The number of nitrogens with one attached hydrogen (secondary N) is 1. The fourth-order valence-electron chi connectivity index (χ4n) is 1.83. The molecular weight excluding hydrogens is 328 g/mol. The first-order valence-corrected chi connectivity index (χ1v) is 6.90. The number of hydrogen-bond donors (Lipinski definition) is 1. The number of benzene rings is 2. The minimum atomic E-state index is -0.481. The molecule has 0 fully saturated rings. The molecule has 0 aliphatic rings. The topological polar surface area (TPSA) is 21.3 Å². The third-order valence-corrected chi connectivity index (χ3v) is 3.41. The van der Waals surface area contributed by atoms with Crippen LogP contribution in [0.5, 0.6) is 11.5 Å². The molecular formula is C15H14BrF2NO. The first kappa shape index (κ1) is 14.9. The summed E-state index contributed by atoms with van der Waals surface area (Å²) in [5.74, 6) is -0.586. The molecule has 0 bridgehead atoms. The molecule has 2 rings (SSSR count). The monoisotopic (exact) mass is 341 g/mol. The fourth-order valence-corrected chi connectivity index (χ4v) is 2.28. The highest BCUT2D eigenvalue weighted by Crippen LogP contribution is 2.33. The third-order valence-electron chi connectivity index (χ3n) is 2.95. The summed E-state index contributed by atoms with van der Waals surface area (Å²) in [4.78, 5) is 0. The lowest BCUT2D eigenvalue weighted by atomic mass is 10.1. The molecule has 106 valence electrons. The molecule has 2 aromatic carbocycles. The van der Waals surface area contributed by atoms with Gasteiger partial charge in [-0.3, -0.25) is 0 Å². The number of rotatable bonds is 4. The molecule has 0 amide bonds. The van der Waals surface area contributed by atoms with Crippen LogP contribution >= 0.6 is 15.9 Å². The van der Waals surface area contributed by atoms with Crippen molar-refractivity contribution in [3.63, 3.8) is 0 Å². The molecule has 5 heteroatoms. The Morgan fingerprint density at radius 3 is 2.60 bits per heavy atom. The van der Waals surface area contributed by atoms with Gasteiger partial charge in [-0.1, -0.05) is 28.1 Å². The van der Waals surface area contributed by atoms with Crippen molar-refractivity contribution in [2.75, 3.05) is 7.05 Å². The lowest BCUT2D eigenvalue weighted by molar-refractivity contribution is 0.425. The van der Waals surface area contributed by atoms with E-state index in [1.807, 2.05) is 6.92 Å². The molecule has 0 heterocycles. The van der Waals surface area contributed by atoms with Crippen LogP contribution in [0.4, 0.5) is 8.78 Å². The maximum atomic E-state index is 14.0. The summed E-state index contributed by atoms with van der Waals surface area (Å²) in [7, 11) is 1.78. The minimum absolute atomic E-state index is 0.0855. The summed E-state index contributed by atoms with van der Waals surface area (Å²) in [6.07, 6.45) is 0. The van der Waals surface area contributed by atoms with Crippen molar-refractivity contribution in [2.24, 2.45) is 0 Å². The zero-order chi connectivity index (χ0) is 14.7. The zero-order valence-corrected chi connectivity index (χ0v) is 12.7. The number of para-hydroxylation sites is 1. The van der Waals surface area contributed by atoms with Crippen molar-refractivity contribution in [1.82, 2.24) is 5.32 Å². The van der Waals surface area contributed by atoms with Crippen molar-refractivity contribution in [2.45, 2.75) is 13.0 Å². The Bertz CT molecular complexity index is 599. The Hall–Kier alpha value is -1.46. The van der Waals surface area contributed by atoms with E-state index >= 15 is 0 Å². The van der Waals surface area contributed by atoms with E-state index < -0.39 is 11.6 Å². The molecule has 20 heavy (non-hydrogen) atoms. The van der Waals surface area contributed by atoms with E-state index in [2.05, 4.69) is 21.2 Å². The molecule has 0 radical (unpaired) electrons. The maximum absolute atomic E-state index is 14.0. The molecule has 2 aromatic rings. The maximum Gasteiger partial charge on any atom is 0.167 e. The molecule has 2 nitrogen and oxygen atoms in total. The van der Waals surface area contributed by atoms with E-state index in [9.17, 15) is 8.78 Å². The summed E-state index contributed by atoms with van der Waals surface area (Å²) < 4.78 is 33.4. The fraction of sp³-hybridized carbons (Fsp3) is 0.200. The highest BCUT2D eigenvalue weighted by atomic mass is 79.9. The minimum Gasteiger partial charge on any atom is -0.454 e. The van der Waals surface area contributed by atoms with Crippen molar-refractivity contribution >= 4 is 15.9 Å². The number of halogens is 3. The third kappa shape index (κ3) is 3.35. The normalized spacial score (nSPS) is 12.2. The summed E-state index contributed by atoms with van der Waals surface area (Å²) in [6.45, 7) is 1.89. The number of hydrogen-bond acceptors (Lipinski definition) is 2. The molecule has 1 unspecified atom stereocenters. The van der Waals surface area contributed by atoms with Crippen molar-refractivity contribution in [3.8, 4) is 11.5 Å². The van der Waals surface area contributed by atoms with Crippen LogP contribution in [0.2, 0.25) is 0 Å². The Morgan fingerprint density at radius 2 is 1.95 bits per heavy atom. The van der Waals surface area contributed by atoms with Crippen molar-refractivity contribution in [1.29, 1.82) is 0 Å². The molecule has 0 spiro atoms. The second-order valence-electron chi connectivity index (χ2n) is 4.38. The van der Waals surface area contributed by atoms with Gasteiger partial charge in [0.05, 0.1) is 0 Å². The van der Waals surface area contributed by atoms with Gasteiger partial charge in [-0.25, -0.2) is 8.78 Å². The Balaban J connectivity index is 2.42. The SMILES string of the molecule is CNC(C)c1cccc(F)c1Oc1cc(F)cc(Br)c1. The summed E-state index contributed by atoms with van der Waals surface area (Å²) in [6, 6.07) is 8.73. The Labute approximate surface area is 124 Å². The van der Waals surface area contributed by atoms with Crippen LogP contribution in [0.15, 0.2) is 40.9 Å². The van der Waals surface area contributed by atoms with Gasteiger partial charge in [-0.05, 0) is 32.2 Å². The predicted octanol–water partition coefficient (Wildman–Crippen LogP) is 4.80. The largest absolute Gasteiger partial charge is 0.454 e. The van der Waals surface area contributed by atoms with Gasteiger partial charge in [0.15, 0.2) is 11.6 Å². The zero-order valence-electron chi connectivity index (χ0n) is 11.1. The van der Waals surface area contributed by atoms with E-state index in [-0.39, 0.29) is 17.5 Å². The van der Waals surface area contributed by atoms with Crippen LogP contribution in [0.1, 0.15) is 18.5 Å². The lowest BCUT2D eigenvalue weighted by Crippen LogP contribution is -2.13. The van der Waals surface area contributed by atoms with Crippen LogP contribution in [-0.4, -0.2) is 7.05 Å². The van der Waals surface area contributed by atoms with Crippen LogP contribution < -0.4 is 10.1 Å². The molecule has 0 saturated heterocycles. The van der Waals surface area contributed by atoms with Gasteiger partial charge in [0.25, 0.3) is 0 Å². The van der Waals surface area contributed by atoms with Gasteiger partial charge in [-0.2, -0.15) is 0 Å². The highest BCUT2D eigenvalue weighted by Gasteiger charge is 2.15. The second-order valence-corrected chi connectivity index (χ2v) is 5.29. The van der Waals surface area contributed by atoms with Crippen LogP contribution in [0, 0.1) is 11.6 Å². The van der Waals surface area contributed by atoms with Crippen LogP contribution in [-0.2, 0) is 0 Å². The van der Waals surface area contributed by atoms with E-state index in [1.165, 1.54) is 18.2 Å². The van der Waals surface area contributed by atoms with Gasteiger partial charge in [0.1, 0.15) is 11.6 Å². The number of ether oxygens (including phenoxy) is 1. The van der Waals surface area contributed by atoms with E-state index in [0.29, 0.717) is 10.0 Å². The van der Waals surface area contributed by atoms with Gasteiger partial charge < -0.3 is 10.1 Å². The molecule has 1 N–H and O–H groups in total. The average molecular weight is 342 g/mol. The van der Waals surface area contributed by atoms with Crippen molar-refractivity contribution in [3.05, 3.63) is 58.1 Å². The molecule has 0 aliphatic carbocycles. The average Bonchev–Trinajstić information content (AvgIpc) is 2.39.